The molecule has 0 aliphatic carbocycles. The zero-order valence-corrected chi connectivity index (χ0v) is 12.1. The van der Waals surface area contributed by atoms with Gasteiger partial charge in [0, 0.05) is 11.0 Å². The second-order valence-electron chi connectivity index (χ2n) is 6.18. The normalized spacial score (nSPS) is 14.4. The smallest absolute Gasteiger partial charge is 0.304 e. The third-order valence-electron chi connectivity index (χ3n) is 3.48. The SMILES string of the molecule is CC(C)(F)c1cc2c(c(C(C)(C)CC(=O)O)c1)OCO2. The molecule has 0 aromatic heterocycles. The van der Waals surface area contributed by atoms with Crippen molar-refractivity contribution in [2.45, 2.75) is 45.2 Å². The molecular formula is C15H19FO4. The minimum atomic E-state index is -1.53. The third-order valence-corrected chi connectivity index (χ3v) is 3.48. The predicted molar refractivity (Wildman–Crippen MR) is 72.0 cm³/mol. The number of hydrogen-bond donors (Lipinski definition) is 1. The number of fused-ring (bicyclic) bond motifs is 1. The molecule has 0 fully saturated rings. The lowest BCUT2D eigenvalue weighted by molar-refractivity contribution is -0.138. The van der Waals surface area contributed by atoms with E-state index >= 15 is 0 Å². The van der Waals surface area contributed by atoms with E-state index in [0.717, 1.165) is 0 Å². The molecule has 0 atom stereocenters. The lowest BCUT2D eigenvalue weighted by Gasteiger charge is -2.26. The van der Waals surface area contributed by atoms with E-state index in [9.17, 15) is 9.18 Å². The van der Waals surface area contributed by atoms with Crippen molar-refractivity contribution in [3.8, 4) is 11.5 Å². The summed E-state index contributed by atoms with van der Waals surface area (Å²) in [5, 5.41) is 9.04. The van der Waals surface area contributed by atoms with E-state index in [4.69, 9.17) is 14.6 Å². The molecule has 0 spiro atoms. The molecule has 1 N–H and O–H groups in total. The van der Waals surface area contributed by atoms with Gasteiger partial charge in [-0.15, -0.1) is 0 Å². The van der Waals surface area contributed by atoms with Gasteiger partial charge in [-0.2, -0.15) is 0 Å². The van der Waals surface area contributed by atoms with Crippen LogP contribution in [0.3, 0.4) is 0 Å². The number of carbonyl (C=O) groups is 1. The fourth-order valence-electron chi connectivity index (χ4n) is 2.33. The maximum absolute atomic E-state index is 14.2. The fraction of sp³-hybridized carbons (Fsp3) is 0.533. The van der Waals surface area contributed by atoms with Crippen molar-refractivity contribution in [1.82, 2.24) is 0 Å². The van der Waals surface area contributed by atoms with Gasteiger partial charge in [-0.1, -0.05) is 13.8 Å². The molecule has 5 heteroatoms. The van der Waals surface area contributed by atoms with Gasteiger partial charge in [-0.3, -0.25) is 4.79 Å². The number of rotatable bonds is 4. The van der Waals surface area contributed by atoms with Gasteiger partial charge in [-0.05, 0) is 31.5 Å². The number of carboxylic acids is 1. The molecule has 1 aromatic carbocycles. The summed E-state index contributed by atoms with van der Waals surface area (Å²) in [5.41, 5.74) is -1.09. The fourth-order valence-corrected chi connectivity index (χ4v) is 2.33. The first-order chi connectivity index (χ1) is 9.11. The number of benzene rings is 1. The summed E-state index contributed by atoms with van der Waals surface area (Å²) in [5.74, 6) is 0.0820. The van der Waals surface area contributed by atoms with Gasteiger partial charge in [0.2, 0.25) is 6.79 Å². The molecule has 1 heterocycles. The molecule has 0 saturated heterocycles. The molecule has 0 unspecified atom stereocenters. The summed E-state index contributed by atoms with van der Waals surface area (Å²) in [7, 11) is 0. The number of alkyl halides is 1. The number of hydrogen-bond acceptors (Lipinski definition) is 3. The molecule has 1 aliphatic rings. The quantitative estimate of drug-likeness (QED) is 0.920. The van der Waals surface area contributed by atoms with E-state index < -0.39 is 17.1 Å². The van der Waals surface area contributed by atoms with E-state index in [-0.39, 0.29) is 13.2 Å². The molecule has 110 valence electrons. The summed E-state index contributed by atoms with van der Waals surface area (Å²) in [6, 6.07) is 3.29. The first-order valence-corrected chi connectivity index (χ1v) is 6.46. The van der Waals surface area contributed by atoms with Crippen LogP contribution < -0.4 is 9.47 Å². The minimum Gasteiger partial charge on any atom is -0.481 e. The molecule has 1 aliphatic heterocycles. The lowest BCUT2D eigenvalue weighted by Crippen LogP contribution is -2.23. The number of ether oxygens (including phenoxy) is 2. The van der Waals surface area contributed by atoms with Crippen LogP contribution in [0.2, 0.25) is 0 Å². The van der Waals surface area contributed by atoms with E-state index in [1.807, 2.05) is 0 Å². The van der Waals surface area contributed by atoms with Crippen molar-refractivity contribution in [2.75, 3.05) is 6.79 Å². The maximum Gasteiger partial charge on any atom is 0.304 e. The average molecular weight is 282 g/mol. The van der Waals surface area contributed by atoms with Crippen LogP contribution in [0.25, 0.3) is 0 Å². The Morgan fingerprint density at radius 2 is 1.95 bits per heavy atom. The van der Waals surface area contributed by atoms with E-state index in [2.05, 4.69) is 0 Å². The molecule has 2 rings (SSSR count). The van der Waals surface area contributed by atoms with Gasteiger partial charge in [-0.25, -0.2) is 4.39 Å². The van der Waals surface area contributed by atoms with Crippen molar-refractivity contribution in [1.29, 1.82) is 0 Å². The van der Waals surface area contributed by atoms with Crippen LogP contribution in [-0.2, 0) is 15.9 Å². The van der Waals surface area contributed by atoms with Crippen molar-refractivity contribution in [3.63, 3.8) is 0 Å². The Labute approximate surface area is 117 Å². The summed E-state index contributed by atoms with van der Waals surface area (Å²) in [6.07, 6.45) is -0.0705. The first-order valence-electron chi connectivity index (χ1n) is 6.46. The van der Waals surface area contributed by atoms with Crippen LogP contribution in [0.5, 0.6) is 11.5 Å². The van der Waals surface area contributed by atoms with Crippen LogP contribution in [0, 0.1) is 0 Å². The maximum atomic E-state index is 14.2. The van der Waals surface area contributed by atoms with Crippen LogP contribution in [0.15, 0.2) is 12.1 Å². The summed E-state index contributed by atoms with van der Waals surface area (Å²) < 4.78 is 25.0. The molecule has 1 aromatic rings. The largest absolute Gasteiger partial charge is 0.481 e. The van der Waals surface area contributed by atoms with Crippen LogP contribution in [0.4, 0.5) is 4.39 Å². The molecule has 0 saturated carbocycles. The topological polar surface area (TPSA) is 55.8 Å². The van der Waals surface area contributed by atoms with E-state index in [1.165, 1.54) is 13.8 Å². The Hall–Kier alpha value is -1.78. The summed E-state index contributed by atoms with van der Waals surface area (Å²) in [4.78, 5) is 11.0. The van der Waals surface area contributed by atoms with Crippen LogP contribution >= 0.6 is 0 Å². The van der Waals surface area contributed by atoms with Crippen molar-refractivity contribution >= 4 is 5.97 Å². The first kappa shape index (κ1) is 14.6. The highest BCUT2D eigenvalue weighted by atomic mass is 19.1. The molecule has 0 bridgehead atoms. The molecule has 0 radical (unpaired) electrons. The summed E-state index contributed by atoms with van der Waals surface area (Å²) in [6.45, 7) is 6.58. The molecule has 20 heavy (non-hydrogen) atoms. The van der Waals surface area contributed by atoms with Crippen molar-refractivity contribution in [2.24, 2.45) is 0 Å². The van der Waals surface area contributed by atoms with Crippen molar-refractivity contribution in [3.05, 3.63) is 23.3 Å². The van der Waals surface area contributed by atoms with Gasteiger partial charge < -0.3 is 14.6 Å². The van der Waals surface area contributed by atoms with E-state index in [1.54, 1.807) is 26.0 Å². The van der Waals surface area contributed by atoms with Crippen LogP contribution in [-0.4, -0.2) is 17.9 Å². The molecule has 0 amide bonds. The van der Waals surface area contributed by atoms with Gasteiger partial charge in [0.25, 0.3) is 0 Å². The third kappa shape index (κ3) is 2.71. The average Bonchev–Trinajstić information content (AvgIpc) is 2.71. The Morgan fingerprint density at radius 1 is 1.30 bits per heavy atom. The monoisotopic (exact) mass is 282 g/mol. The highest BCUT2D eigenvalue weighted by Gasteiger charge is 2.34. The van der Waals surface area contributed by atoms with Crippen molar-refractivity contribution < 1.29 is 23.8 Å². The van der Waals surface area contributed by atoms with E-state index in [0.29, 0.717) is 22.6 Å². The standard InChI is InChI=1S/C15H19FO4/c1-14(2,7-12(17)18)10-5-9(15(3,4)16)6-11-13(10)20-8-19-11/h5-6H,7-8H2,1-4H3,(H,17,18). The van der Waals surface area contributed by atoms with Gasteiger partial charge >= 0.3 is 5.97 Å². The van der Waals surface area contributed by atoms with Gasteiger partial charge in [0.15, 0.2) is 11.5 Å². The Kier molecular flexibility index (Phi) is 3.40. The zero-order chi connectivity index (χ0) is 15.1. The lowest BCUT2D eigenvalue weighted by atomic mass is 9.79. The Morgan fingerprint density at radius 3 is 2.50 bits per heavy atom. The number of halogens is 1. The Bertz CT molecular complexity index is 544. The van der Waals surface area contributed by atoms with Crippen LogP contribution in [0.1, 0.15) is 45.2 Å². The Balaban J connectivity index is 2.57. The highest BCUT2D eigenvalue weighted by Crippen LogP contribution is 2.45. The predicted octanol–water partition coefficient (Wildman–Crippen LogP) is 3.37. The molecule has 4 nitrogen and oxygen atoms in total. The zero-order valence-electron chi connectivity index (χ0n) is 12.1. The van der Waals surface area contributed by atoms with Gasteiger partial charge in [0.1, 0.15) is 5.67 Å². The number of aliphatic carboxylic acids is 1. The van der Waals surface area contributed by atoms with Gasteiger partial charge in [0.05, 0.1) is 6.42 Å². The minimum absolute atomic E-state index is 0.0705. The number of carboxylic acid groups (broad SMARTS) is 1. The molecular weight excluding hydrogens is 263 g/mol. The highest BCUT2D eigenvalue weighted by molar-refractivity contribution is 5.70. The second kappa shape index (κ2) is 4.65. The summed E-state index contributed by atoms with van der Waals surface area (Å²) >= 11 is 0. The second-order valence-corrected chi connectivity index (χ2v) is 6.18.